The number of carboxylic acid groups (broad SMARTS) is 1. The normalized spacial score (nSPS) is 10.5. The van der Waals surface area contributed by atoms with E-state index in [4.69, 9.17) is 14.6 Å². The maximum absolute atomic E-state index is 11.0. The minimum Gasteiger partial charge on any atom is -0.496 e. The van der Waals surface area contributed by atoms with Gasteiger partial charge in [-0.3, -0.25) is 9.97 Å². The highest BCUT2D eigenvalue weighted by Gasteiger charge is 2.11. The van der Waals surface area contributed by atoms with Gasteiger partial charge < -0.3 is 19.1 Å². The second kappa shape index (κ2) is 17.1. The molecule has 0 saturated carbocycles. The van der Waals surface area contributed by atoms with Gasteiger partial charge in [0.05, 0.1) is 30.8 Å². The quantitative estimate of drug-likeness (QED) is 0.176. The molecule has 8 heteroatoms. The second-order valence-corrected chi connectivity index (χ2v) is 11.3. The summed E-state index contributed by atoms with van der Waals surface area (Å²) in [5.41, 5.74) is 10.1. The molecule has 2 aromatic carbocycles. The van der Waals surface area contributed by atoms with Gasteiger partial charge in [-0.25, -0.2) is 9.78 Å². The Balaban J connectivity index is 0.000000200. The number of nitrogens with zero attached hydrogens (tertiary/aromatic N) is 4. The molecule has 5 rings (SSSR count). The minimum absolute atomic E-state index is 0.273. The predicted octanol–water partition coefficient (Wildman–Crippen LogP) is 8.21. The fourth-order valence-corrected chi connectivity index (χ4v) is 5.54. The highest BCUT2D eigenvalue weighted by molar-refractivity contribution is 5.92. The SMILES string of the molecule is CCCc1ncc(C)c(OC)c1C.CCc1ncc(C)c(OC)c1C.Cc1nc2cc(C(=O)O)ccc2n1CCc1ccccc1. The van der Waals surface area contributed by atoms with Crippen molar-refractivity contribution in [3.05, 3.63) is 112 Å². The highest BCUT2D eigenvalue weighted by atomic mass is 16.5. The van der Waals surface area contributed by atoms with E-state index < -0.39 is 5.97 Å². The van der Waals surface area contributed by atoms with Crippen LogP contribution in [0.2, 0.25) is 0 Å². The Morgan fingerprint density at radius 2 is 1.39 bits per heavy atom. The number of fused-ring (bicyclic) bond motifs is 1. The molecule has 5 aromatic rings. The molecular formula is C38H48N4O4. The number of hydrogen-bond donors (Lipinski definition) is 1. The number of benzene rings is 2. The molecule has 0 saturated heterocycles. The summed E-state index contributed by atoms with van der Waals surface area (Å²) >= 11 is 0. The van der Waals surface area contributed by atoms with Crippen LogP contribution in [0.1, 0.15) is 75.7 Å². The number of aromatic carboxylic acids is 1. The van der Waals surface area contributed by atoms with Gasteiger partial charge in [-0.1, -0.05) is 50.6 Å². The van der Waals surface area contributed by atoms with Gasteiger partial charge in [0, 0.05) is 52.6 Å². The third kappa shape index (κ3) is 8.93. The number of aryl methyl sites for hydroxylation is 7. The molecule has 244 valence electrons. The van der Waals surface area contributed by atoms with E-state index in [9.17, 15) is 4.79 Å². The molecule has 0 radical (unpaired) electrons. The van der Waals surface area contributed by atoms with Gasteiger partial charge in [-0.05, 0) is 77.6 Å². The second-order valence-electron chi connectivity index (χ2n) is 11.3. The molecule has 0 amide bonds. The van der Waals surface area contributed by atoms with Gasteiger partial charge in [-0.2, -0.15) is 0 Å². The van der Waals surface area contributed by atoms with Crippen molar-refractivity contribution in [2.75, 3.05) is 14.2 Å². The minimum atomic E-state index is -0.923. The predicted molar refractivity (Wildman–Crippen MR) is 185 cm³/mol. The molecular weight excluding hydrogens is 576 g/mol. The lowest BCUT2D eigenvalue weighted by atomic mass is 10.1. The van der Waals surface area contributed by atoms with Crippen LogP contribution in [0.4, 0.5) is 0 Å². The molecule has 1 N–H and O–H groups in total. The summed E-state index contributed by atoms with van der Waals surface area (Å²) in [6.07, 6.45) is 7.79. The van der Waals surface area contributed by atoms with Crippen LogP contribution in [-0.2, 0) is 25.8 Å². The maximum atomic E-state index is 11.0. The first-order valence-electron chi connectivity index (χ1n) is 15.8. The molecule has 3 heterocycles. The van der Waals surface area contributed by atoms with Gasteiger partial charge in [0.1, 0.15) is 17.3 Å². The first kappa shape index (κ1) is 35.8. The monoisotopic (exact) mass is 624 g/mol. The molecule has 3 aromatic heterocycles. The zero-order valence-corrected chi connectivity index (χ0v) is 28.8. The first-order valence-corrected chi connectivity index (χ1v) is 15.8. The Hall–Kier alpha value is -4.72. The highest BCUT2D eigenvalue weighted by Crippen LogP contribution is 2.25. The van der Waals surface area contributed by atoms with Crippen molar-refractivity contribution in [1.29, 1.82) is 0 Å². The van der Waals surface area contributed by atoms with E-state index in [1.54, 1.807) is 26.4 Å². The fraction of sp³-hybridized carbons (Fsp3) is 0.368. The first-order chi connectivity index (χ1) is 22.1. The van der Waals surface area contributed by atoms with E-state index in [0.29, 0.717) is 0 Å². The van der Waals surface area contributed by atoms with Gasteiger partial charge in [0.15, 0.2) is 0 Å². The average molecular weight is 625 g/mol. The number of aromatic nitrogens is 4. The number of methoxy groups -OCH3 is 2. The van der Waals surface area contributed by atoms with E-state index in [1.807, 2.05) is 57.4 Å². The standard InChI is InChI=1S/C17H16N2O2.C11H17NO.C10H15NO/c1-12-18-15-11-14(17(20)21)7-8-16(15)19(12)10-9-13-5-3-2-4-6-13;1-5-6-10-9(3)11(13-4)8(2)7-12-10;1-5-9-8(3)10(12-4)7(2)6-11-9/h2-8,11H,9-10H2,1H3,(H,20,21);7H,5-6H2,1-4H3;6H,5H2,1-4H3. The molecule has 0 aliphatic rings. The van der Waals surface area contributed by atoms with Gasteiger partial charge in [0.2, 0.25) is 0 Å². The molecule has 8 nitrogen and oxygen atoms in total. The number of pyridine rings is 2. The number of carbonyl (C=O) groups is 1. The molecule has 0 unspecified atom stereocenters. The van der Waals surface area contributed by atoms with Crippen molar-refractivity contribution in [3.63, 3.8) is 0 Å². The van der Waals surface area contributed by atoms with E-state index in [0.717, 1.165) is 83.1 Å². The lowest BCUT2D eigenvalue weighted by Crippen LogP contribution is -2.03. The Labute approximate surface area is 273 Å². The van der Waals surface area contributed by atoms with Gasteiger partial charge in [-0.15, -0.1) is 0 Å². The van der Waals surface area contributed by atoms with E-state index in [2.05, 4.69) is 59.3 Å². The van der Waals surface area contributed by atoms with Crippen LogP contribution < -0.4 is 9.47 Å². The summed E-state index contributed by atoms with van der Waals surface area (Å²) in [5, 5.41) is 9.04. The Bertz CT molecular complexity index is 1750. The number of ether oxygens (including phenoxy) is 2. The number of imidazole rings is 1. The van der Waals surface area contributed by atoms with Crippen molar-refractivity contribution >= 4 is 17.0 Å². The maximum Gasteiger partial charge on any atom is 0.335 e. The summed E-state index contributed by atoms with van der Waals surface area (Å²) < 4.78 is 12.7. The largest absolute Gasteiger partial charge is 0.496 e. The Morgan fingerprint density at radius 1 is 0.804 bits per heavy atom. The van der Waals surface area contributed by atoms with Crippen LogP contribution in [0.5, 0.6) is 11.5 Å². The third-order valence-corrected chi connectivity index (χ3v) is 7.97. The Kier molecular flexibility index (Phi) is 13.3. The van der Waals surface area contributed by atoms with Crippen LogP contribution in [0.25, 0.3) is 11.0 Å². The summed E-state index contributed by atoms with van der Waals surface area (Å²) in [7, 11) is 3.42. The van der Waals surface area contributed by atoms with E-state index in [-0.39, 0.29) is 5.56 Å². The molecule has 0 fully saturated rings. The number of hydrogen-bond acceptors (Lipinski definition) is 6. The smallest absolute Gasteiger partial charge is 0.335 e. The van der Waals surface area contributed by atoms with Crippen molar-refractivity contribution in [3.8, 4) is 11.5 Å². The van der Waals surface area contributed by atoms with Crippen molar-refractivity contribution in [2.24, 2.45) is 0 Å². The topological polar surface area (TPSA) is 99.4 Å². The molecule has 0 bridgehead atoms. The molecule has 0 spiro atoms. The van der Waals surface area contributed by atoms with E-state index in [1.165, 1.54) is 16.7 Å². The molecule has 0 aliphatic carbocycles. The Morgan fingerprint density at radius 3 is 1.93 bits per heavy atom. The zero-order chi connectivity index (χ0) is 33.8. The molecule has 0 atom stereocenters. The fourth-order valence-electron chi connectivity index (χ4n) is 5.54. The number of carboxylic acids is 1. The summed E-state index contributed by atoms with van der Waals surface area (Å²) in [4.78, 5) is 24.2. The van der Waals surface area contributed by atoms with Crippen molar-refractivity contribution in [2.45, 2.75) is 80.7 Å². The zero-order valence-electron chi connectivity index (χ0n) is 28.8. The van der Waals surface area contributed by atoms with E-state index >= 15 is 0 Å². The molecule has 46 heavy (non-hydrogen) atoms. The number of rotatable bonds is 9. The van der Waals surface area contributed by atoms with Crippen LogP contribution in [0.15, 0.2) is 60.9 Å². The lowest BCUT2D eigenvalue weighted by molar-refractivity contribution is 0.0697. The third-order valence-electron chi connectivity index (χ3n) is 7.97. The summed E-state index contributed by atoms with van der Waals surface area (Å²) in [6, 6.07) is 15.4. The summed E-state index contributed by atoms with van der Waals surface area (Å²) in [6.45, 7) is 15.2. The van der Waals surface area contributed by atoms with Gasteiger partial charge >= 0.3 is 5.97 Å². The van der Waals surface area contributed by atoms with Crippen LogP contribution in [0.3, 0.4) is 0 Å². The van der Waals surface area contributed by atoms with Crippen LogP contribution in [-0.4, -0.2) is 44.8 Å². The van der Waals surface area contributed by atoms with Crippen molar-refractivity contribution in [1.82, 2.24) is 19.5 Å². The van der Waals surface area contributed by atoms with Gasteiger partial charge in [0.25, 0.3) is 0 Å². The molecule has 0 aliphatic heterocycles. The lowest BCUT2D eigenvalue weighted by Gasteiger charge is -2.11. The van der Waals surface area contributed by atoms with Crippen molar-refractivity contribution < 1.29 is 19.4 Å². The van der Waals surface area contributed by atoms with Crippen LogP contribution in [0, 0.1) is 34.6 Å². The van der Waals surface area contributed by atoms with Crippen LogP contribution >= 0.6 is 0 Å². The summed E-state index contributed by atoms with van der Waals surface area (Å²) in [5.74, 6) is 1.94. The average Bonchev–Trinajstić information content (AvgIpc) is 3.37.